The van der Waals surface area contributed by atoms with E-state index in [9.17, 15) is 5.26 Å². The molecule has 264 valence electrons. The van der Waals surface area contributed by atoms with E-state index in [2.05, 4.69) is 160 Å². The molecule has 0 radical (unpaired) electrons. The third-order valence-corrected chi connectivity index (χ3v) is 11.0. The molecule has 0 saturated heterocycles. The number of fused-ring (bicyclic) bond motifs is 8. The van der Waals surface area contributed by atoms with Crippen LogP contribution in [-0.4, -0.2) is 9.55 Å². The molecule has 0 aliphatic carbocycles. The lowest BCUT2D eigenvalue weighted by Gasteiger charge is -2.24. The molecule has 0 aliphatic rings. The van der Waals surface area contributed by atoms with Crippen LogP contribution in [0, 0.1) is 11.3 Å². The number of para-hydroxylation sites is 3. The summed E-state index contributed by atoms with van der Waals surface area (Å²) in [4.78, 5) is 5.36. The number of aromatic nitrogens is 2. The number of rotatable bonds is 6. The van der Waals surface area contributed by atoms with Crippen LogP contribution >= 0.6 is 0 Å². The zero-order valence-corrected chi connectivity index (χ0v) is 31.1. The molecule has 7 aromatic carbocycles. The van der Waals surface area contributed by atoms with E-state index in [-0.39, 0.29) is 11.8 Å². The van der Waals surface area contributed by atoms with Gasteiger partial charge in [-0.25, -0.2) is 4.98 Å². The standard InChI is InChI=1S/C50H37N3O2/c1-29(2)41-26-35(34-20-18-33(19-21-34)32-11-6-5-7-12-32)27-42(30(3)4)46(41)53-44-16-9-8-15-43(44)52-50(53)40-14-10-13-37-39-24-23-38-36-22-17-31(28-51)25-45(36)54-48(38)49(39)55-47(37)40/h5-27,29-30H,1-4H3. The molecule has 0 unspecified atom stereocenters. The Balaban J connectivity index is 1.21. The highest BCUT2D eigenvalue weighted by Crippen LogP contribution is 2.44. The molecule has 0 atom stereocenters. The Morgan fingerprint density at radius 3 is 1.85 bits per heavy atom. The summed E-state index contributed by atoms with van der Waals surface area (Å²) in [5.41, 5.74) is 14.7. The Bertz CT molecular complexity index is 3120. The number of hydrogen-bond donors (Lipinski definition) is 0. The molecule has 55 heavy (non-hydrogen) atoms. The molecule has 0 fully saturated rings. The van der Waals surface area contributed by atoms with Crippen LogP contribution in [0.1, 0.15) is 56.2 Å². The third-order valence-electron chi connectivity index (χ3n) is 11.0. The van der Waals surface area contributed by atoms with Crippen molar-refractivity contribution in [3.05, 3.63) is 156 Å². The Morgan fingerprint density at radius 1 is 0.545 bits per heavy atom. The first-order valence-electron chi connectivity index (χ1n) is 18.9. The predicted molar refractivity (Wildman–Crippen MR) is 225 cm³/mol. The lowest BCUT2D eigenvalue weighted by atomic mass is 9.87. The zero-order valence-electron chi connectivity index (χ0n) is 31.1. The largest absolute Gasteiger partial charge is 0.452 e. The van der Waals surface area contributed by atoms with Crippen LogP contribution in [0.2, 0.25) is 0 Å². The molecule has 10 aromatic rings. The Morgan fingerprint density at radius 2 is 1.15 bits per heavy atom. The van der Waals surface area contributed by atoms with Crippen LogP contribution in [0.3, 0.4) is 0 Å². The van der Waals surface area contributed by atoms with Crippen LogP contribution < -0.4 is 0 Å². The minimum Gasteiger partial charge on any atom is -0.452 e. The first kappa shape index (κ1) is 32.7. The number of imidazole rings is 1. The van der Waals surface area contributed by atoms with Gasteiger partial charge in [0.2, 0.25) is 0 Å². The molecule has 0 bridgehead atoms. The smallest absolute Gasteiger partial charge is 0.178 e. The van der Waals surface area contributed by atoms with E-state index in [1.165, 1.54) is 39.1 Å². The van der Waals surface area contributed by atoms with E-state index < -0.39 is 0 Å². The van der Waals surface area contributed by atoms with Crippen molar-refractivity contribution in [2.75, 3.05) is 0 Å². The summed E-state index contributed by atoms with van der Waals surface area (Å²) < 4.78 is 15.7. The van der Waals surface area contributed by atoms with Gasteiger partial charge in [-0.05, 0) is 106 Å². The summed E-state index contributed by atoms with van der Waals surface area (Å²) in [6.07, 6.45) is 0. The summed E-state index contributed by atoms with van der Waals surface area (Å²) in [6, 6.07) is 50.9. The fourth-order valence-electron chi connectivity index (χ4n) is 8.24. The number of nitrogens with zero attached hydrogens (tertiary/aromatic N) is 3. The van der Waals surface area contributed by atoms with Gasteiger partial charge in [0.15, 0.2) is 11.2 Å². The van der Waals surface area contributed by atoms with Crippen molar-refractivity contribution in [2.45, 2.75) is 39.5 Å². The van der Waals surface area contributed by atoms with Gasteiger partial charge in [-0.3, -0.25) is 4.57 Å². The molecular weight excluding hydrogens is 675 g/mol. The quantitative estimate of drug-likeness (QED) is 0.172. The number of benzene rings is 7. The Labute approximate surface area is 318 Å². The highest BCUT2D eigenvalue weighted by molar-refractivity contribution is 6.20. The molecule has 0 spiro atoms. The van der Waals surface area contributed by atoms with E-state index in [4.69, 9.17) is 13.8 Å². The minimum atomic E-state index is 0.231. The van der Waals surface area contributed by atoms with Crippen LogP contribution in [0.4, 0.5) is 0 Å². The van der Waals surface area contributed by atoms with Gasteiger partial charge in [-0.1, -0.05) is 107 Å². The van der Waals surface area contributed by atoms with E-state index in [0.29, 0.717) is 22.3 Å². The lowest BCUT2D eigenvalue weighted by molar-refractivity contribution is 0.633. The van der Waals surface area contributed by atoms with Crippen LogP contribution in [-0.2, 0) is 0 Å². The van der Waals surface area contributed by atoms with Gasteiger partial charge >= 0.3 is 0 Å². The topological polar surface area (TPSA) is 67.9 Å². The Kier molecular flexibility index (Phi) is 7.50. The van der Waals surface area contributed by atoms with Gasteiger partial charge in [-0.15, -0.1) is 0 Å². The number of hydrogen-bond acceptors (Lipinski definition) is 4. The second-order valence-corrected chi connectivity index (χ2v) is 15.0. The van der Waals surface area contributed by atoms with Crippen LogP contribution in [0.5, 0.6) is 0 Å². The molecule has 5 nitrogen and oxygen atoms in total. The molecule has 5 heteroatoms. The maximum absolute atomic E-state index is 9.52. The van der Waals surface area contributed by atoms with Gasteiger partial charge < -0.3 is 8.83 Å². The van der Waals surface area contributed by atoms with E-state index in [0.717, 1.165) is 49.5 Å². The first-order valence-corrected chi connectivity index (χ1v) is 18.9. The first-order chi connectivity index (χ1) is 26.9. The van der Waals surface area contributed by atoms with Crippen molar-refractivity contribution in [3.63, 3.8) is 0 Å². The van der Waals surface area contributed by atoms with E-state index in [1.54, 1.807) is 6.07 Å². The summed E-state index contributed by atoms with van der Waals surface area (Å²) in [7, 11) is 0. The SMILES string of the molecule is CC(C)c1cc(-c2ccc(-c3ccccc3)cc2)cc(C(C)C)c1-n1c(-c2cccc3c2oc2c3ccc3c4ccc(C#N)cc4oc32)nc2ccccc21. The average Bonchev–Trinajstić information content (AvgIpc) is 3.92. The van der Waals surface area contributed by atoms with Crippen molar-refractivity contribution in [3.8, 4) is 45.4 Å². The Hall–Kier alpha value is -6.90. The lowest BCUT2D eigenvalue weighted by Crippen LogP contribution is -2.09. The predicted octanol–water partition coefficient (Wildman–Crippen LogP) is 13.9. The highest BCUT2D eigenvalue weighted by atomic mass is 16.4. The number of furan rings is 2. The van der Waals surface area contributed by atoms with Gasteiger partial charge in [-0.2, -0.15) is 5.26 Å². The van der Waals surface area contributed by atoms with Crippen LogP contribution in [0.15, 0.2) is 148 Å². The summed E-state index contributed by atoms with van der Waals surface area (Å²) in [6.45, 7) is 9.12. The molecule has 0 aliphatic heterocycles. The fraction of sp³-hybridized carbons (Fsp3) is 0.120. The molecule has 3 heterocycles. The van der Waals surface area contributed by atoms with Gasteiger partial charge in [0.25, 0.3) is 0 Å². The van der Waals surface area contributed by atoms with Crippen molar-refractivity contribution in [2.24, 2.45) is 0 Å². The van der Waals surface area contributed by atoms with Crippen molar-refractivity contribution in [1.82, 2.24) is 9.55 Å². The summed E-state index contributed by atoms with van der Waals surface area (Å²) >= 11 is 0. The van der Waals surface area contributed by atoms with Crippen molar-refractivity contribution in [1.29, 1.82) is 5.26 Å². The van der Waals surface area contributed by atoms with Crippen molar-refractivity contribution < 1.29 is 8.83 Å². The van der Waals surface area contributed by atoms with Gasteiger partial charge in [0.05, 0.1) is 33.9 Å². The summed E-state index contributed by atoms with van der Waals surface area (Å²) in [5.74, 6) is 1.29. The van der Waals surface area contributed by atoms with Crippen LogP contribution in [0.25, 0.3) is 94.2 Å². The monoisotopic (exact) mass is 711 g/mol. The fourth-order valence-corrected chi connectivity index (χ4v) is 8.24. The minimum absolute atomic E-state index is 0.231. The third kappa shape index (κ3) is 5.17. The maximum atomic E-state index is 9.52. The summed E-state index contributed by atoms with van der Waals surface area (Å²) in [5, 5.41) is 13.4. The zero-order chi connectivity index (χ0) is 37.4. The van der Waals surface area contributed by atoms with Crippen molar-refractivity contribution >= 4 is 54.9 Å². The van der Waals surface area contributed by atoms with E-state index in [1.807, 2.05) is 12.1 Å². The molecule has 0 N–H and O–H groups in total. The average molecular weight is 712 g/mol. The molecule has 3 aromatic heterocycles. The second-order valence-electron chi connectivity index (χ2n) is 15.0. The molecule has 10 rings (SSSR count). The highest BCUT2D eigenvalue weighted by Gasteiger charge is 2.26. The molecule has 0 saturated carbocycles. The maximum Gasteiger partial charge on any atom is 0.178 e. The second kappa shape index (κ2) is 12.6. The van der Waals surface area contributed by atoms with Gasteiger partial charge in [0, 0.05) is 21.5 Å². The molecular formula is C50H37N3O2. The van der Waals surface area contributed by atoms with Gasteiger partial charge in [0.1, 0.15) is 17.0 Å². The van der Waals surface area contributed by atoms with E-state index >= 15 is 0 Å². The normalized spacial score (nSPS) is 11.9. The molecule has 0 amide bonds. The number of nitriles is 1.